The van der Waals surface area contributed by atoms with Gasteiger partial charge in [0.25, 0.3) is 0 Å². The molecule has 0 aromatic heterocycles. The number of carbonyl (C=O) groups excluding carboxylic acids is 1. The van der Waals surface area contributed by atoms with Crippen LogP contribution in [-0.4, -0.2) is 33.3 Å². The van der Waals surface area contributed by atoms with Gasteiger partial charge in [0, 0.05) is 11.8 Å². The van der Waals surface area contributed by atoms with E-state index in [2.05, 4.69) is 4.72 Å². The Bertz CT molecular complexity index is 622. The van der Waals surface area contributed by atoms with Crippen molar-refractivity contribution in [1.29, 1.82) is 0 Å². The number of sulfonamides is 1. The van der Waals surface area contributed by atoms with Gasteiger partial charge in [0.2, 0.25) is 15.9 Å². The smallest absolute Gasteiger partial charge is 0.343 e. The molecular formula is C12H13F3N2O3S. The van der Waals surface area contributed by atoms with E-state index >= 15 is 0 Å². The van der Waals surface area contributed by atoms with Gasteiger partial charge in [-0.2, -0.15) is 13.2 Å². The zero-order chi connectivity index (χ0) is 16.1. The molecule has 0 aliphatic rings. The SMILES string of the molecule is CS(=O)(=O)Nc1ccc(/C=C/C(=O)NCC(F)(F)F)cc1. The minimum absolute atomic E-state index is 0.344. The summed E-state index contributed by atoms with van der Waals surface area (Å²) in [6.07, 6.45) is -1.17. The number of hydrogen-bond acceptors (Lipinski definition) is 3. The van der Waals surface area contributed by atoms with Gasteiger partial charge in [-0.25, -0.2) is 8.42 Å². The van der Waals surface area contributed by atoms with E-state index in [4.69, 9.17) is 0 Å². The summed E-state index contributed by atoms with van der Waals surface area (Å²) in [7, 11) is -3.38. The number of anilines is 1. The molecule has 0 spiro atoms. The molecule has 0 bridgehead atoms. The molecule has 2 N–H and O–H groups in total. The number of amides is 1. The highest BCUT2D eigenvalue weighted by Gasteiger charge is 2.27. The average molecular weight is 322 g/mol. The summed E-state index contributed by atoms with van der Waals surface area (Å²) in [5.74, 6) is -0.870. The Morgan fingerprint density at radius 2 is 1.81 bits per heavy atom. The highest BCUT2D eigenvalue weighted by atomic mass is 32.2. The first-order chi connectivity index (χ1) is 9.55. The highest BCUT2D eigenvalue weighted by Crippen LogP contribution is 2.13. The van der Waals surface area contributed by atoms with E-state index in [1.54, 1.807) is 5.32 Å². The van der Waals surface area contributed by atoms with Gasteiger partial charge in [-0.3, -0.25) is 9.52 Å². The van der Waals surface area contributed by atoms with Gasteiger partial charge in [-0.15, -0.1) is 0 Å². The van der Waals surface area contributed by atoms with Crippen molar-refractivity contribution < 1.29 is 26.4 Å². The van der Waals surface area contributed by atoms with Crippen LogP contribution in [0.25, 0.3) is 6.08 Å². The summed E-state index contributed by atoms with van der Waals surface area (Å²) < 4.78 is 59.8. The van der Waals surface area contributed by atoms with Gasteiger partial charge in [0.05, 0.1) is 6.26 Å². The number of rotatable bonds is 5. The molecule has 1 aromatic carbocycles. The molecule has 0 saturated heterocycles. The van der Waals surface area contributed by atoms with Crippen LogP contribution in [0.2, 0.25) is 0 Å². The first-order valence-corrected chi connectivity index (χ1v) is 7.55. The topological polar surface area (TPSA) is 75.3 Å². The lowest BCUT2D eigenvalue weighted by atomic mass is 10.2. The Morgan fingerprint density at radius 1 is 1.24 bits per heavy atom. The summed E-state index contributed by atoms with van der Waals surface area (Å²) in [5, 5.41) is 1.69. The Hall–Kier alpha value is -2.03. The average Bonchev–Trinajstić information content (AvgIpc) is 2.33. The third-order valence-electron chi connectivity index (χ3n) is 2.10. The molecule has 1 rings (SSSR count). The first kappa shape index (κ1) is 17.0. The molecule has 9 heteroatoms. The van der Waals surface area contributed by atoms with Crippen LogP contribution in [0.1, 0.15) is 5.56 Å². The standard InChI is InChI=1S/C12H13F3N2O3S/c1-21(19,20)17-10-5-2-9(3-6-10)4-7-11(18)16-8-12(13,14)15/h2-7,17H,8H2,1H3,(H,16,18)/b7-4+. The maximum atomic E-state index is 11.9. The molecule has 0 heterocycles. The summed E-state index contributed by atoms with van der Waals surface area (Å²) in [6, 6.07) is 5.96. The maximum absolute atomic E-state index is 11.9. The predicted octanol–water partition coefficient (Wildman–Crippen LogP) is 1.75. The van der Waals surface area contributed by atoms with Crippen molar-refractivity contribution in [3.63, 3.8) is 0 Å². The Kier molecular flexibility index (Phi) is 5.36. The number of nitrogens with one attached hydrogen (secondary N) is 2. The van der Waals surface area contributed by atoms with Crippen LogP contribution in [0.4, 0.5) is 18.9 Å². The van der Waals surface area contributed by atoms with Crippen LogP contribution < -0.4 is 10.0 Å². The number of carbonyl (C=O) groups is 1. The van der Waals surface area contributed by atoms with Crippen molar-refractivity contribution in [1.82, 2.24) is 5.32 Å². The van der Waals surface area contributed by atoms with Crippen LogP contribution in [0.3, 0.4) is 0 Å². The van der Waals surface area contributed by atoms with E-state index in [1.807, 2.05) is 0 Å². The molecule has 21 heavy (non-hydrogen) atoms. The third-order valence-corrected chi connectivity index (χ3v) is 2.71. The van der Waals surface area contributed by atoms with Crippen molar-refractivity contribution >= 4 is 27.7 Å². The molecule has 0 radical (unpaired) electrons. The second kappa shape index (κ2) is 6.61. The summed E-state index contributed by atoms with van der Waals surface area (Å²) in [5.41, 5.74) is 0.882. The lowest BCUT2D eigenvalue weighted by Crippen LogP contribution is -2.32. The summed E-state index contributed by atoms with van der Waals surface area (Å²) >= 11 is 0. The van der Waals surface area contributed by atoms with Crippen LogP contribution in [0.15, 0.2) is 30.3 Å². The fraction of sp³-hybridized carbons (Fsp3) is 0.250. The van der Waals surface area contributed by atoms with Crippen molar-refractivity contribution in [2.75, 3.05) is 17.5 Å². The van der Waals surface area contributed by atoms with Gasteiger partial charge in [-0.1, -0.05) is 12.1 Å². The molecule has 116 valence electrons. The van der Waals surface area contributed by atoms with E-state index in [9.17, 15) is 26.4 Å². The Balaban J connectivity index is 2.59. The lowest BCUT2D eigenvalue weighted by molar-refractivity contribution is -0.135. The monoisotopic (exact) mass is 322 g/mol. The van der Waals surface area contributed by atoms with E-state index < -0.39 is 28.7 Å². The molecule has 1 aromatic rings. The van der Waals surface area contributed by atoms with E-state index in [0.29, 0.717) is 11.3 Å². The van der Waals surface area contributed by atoms with Crippen molar-refractivity contribution in [2.24, 2.45) is 0 Å². The van der Waals surface area contributed by atoms with E-state index in [-0.39, 0.29) is 0 Å². The van der Waals surface area contributed by atoms with Gasteiger partial charge in [-0.05, 0) is 23.8 Å². The molecular weight excluding hydrogens is 309 g/mol. The lowest BCUT2D eigenvalue weighted by Gasteiger charge is -2.06. The number of hydrogen-bond donors (Lipinski definition) is 2. The summed E-state index contributed by atoms with van der Waals surface area (Å²) in [4.78, 5) is 11.1. The normalized spacial score (nSPS) is 12.4. The quantitative estimate of drug-likeness (QED) is 0.811. The van der Waals surface area contributed by atoms with E-state index in [0.717, 1.165) is 12.3 Å². The van der Waals surface area contributed by atoms with E-state index in [1.165, 1.54) is 30.3 Å². The Labute approximate surface area is 119 Å². The van der Waals surface area contributed by atoms with Gasteiger partial charge < -0.3 is 5.32 Å². The third kappa shape index (κ3) is 7.98. The predicted molar refractivity (Wildman–Crippen MR) is 73.0 cm³/mol. The number of halogens is 3. The van der Waals surface area contributed by atoms with Crippen molar-refractivity contribution in [2.45, 2.75) is 6.18 Å². The molecule has 5 nitrogen and oxygen atoms in total. The molecule has 0 aliphatic carbocycles. The molecule has 0 unspecified atom stereocenters. The fourth-order valence-electron chi connectivity index (χ4n) is 1.29. The fourth-order valence-corrected chi connectivity index (χ4v) is 1.86. The van der Waals surface area contributed by atoms with Gasteiger partial charge in [0.15, 0.2) is 0 Å². The zero-order valence-electron chi connectivity index (χ0n) is 10.9. The zero-order valence-corrected chi connectivity index (χ0v) is 11.8. The maximum Gasteiger partial charge on any atom is 0.405 e. The molecule has 1 amide bonds. The number of alkyl halides is 3. The van der Waals surface area contributed by atoms with Crippen molar-refractivity contribution in [3.8, 4) is 0 Å². The molecule has 0 atom stereocenters. The largest absolute Gasteiger partial charge is 0.405 e. The summed E-state index contributed by atoms with van der Waals surface area (Å²) in [6.45, 7) is -1.40. The van der Waals surface area contributed by atoms with Crippen LogP contribution in [0, 0.1) is 0 Å². The highest BCUT2D eigenvalue weighted by molar-refractivity contribution is 7.92. The number of benzene rings is 1. The molecule has 0 aliphatic heterocycles. The van der Waals surface area contributed by atoms with Crippen LogP contribution >= 0.6 is 0 Å². The second-order valence-corrected chi connectivity index (χ2v) is 5.91. The molecule has 0 saturated carbocycles. The van der Waals surface area contributed by atoms with Crippen molar-refractivity contribution in [3.05, 3.63) is 35.9 Å². The molecule has 0 fully saturated rings. The van der Waals surface area contributed by atoms with Crippen LogP contribution in [-0.2, 0) is 14.8 Å². The minimum Gasteiger partial charge on any atom is -0.343 e. The second-order valence-electron chi connectivity index (χ2n) is 4.16. The first-order valence-electron chi connectivity index (χ1n) is 5.66. The van der Waals surface area contributed by atoms with Gasteiger partial charge in [0.1, 0.15) is 6.54 Å². The van der Waals surface area contributed by atoms with Gasteiger partial charge >= 0.3 is 6.18 Å². The minimum atomic E-state index is -4.46. The Morgan fingerprint density at radius 3 is 2.29 bits per heavy atom. The van der Waals surface area contributed by atoms with Crippen LogP contribution in [0.5, 0.6) is 0 Å².